The molecule has 5 aromatic carbocycles. The number of aromatic nitrogens is 2. The van der Waals surface area contributed by atoms with Crippen molar-refractivity contribution in [3.8, 4) is 5.69 Å². The summed E-state index contributed by atoms with van der Waals surface area (Å²) in [5.41, 5.74) is 3.63. The number of para-hydroxylation sites is 1. The summed E-state index contributed by atoms with van der Waals surface area (Å²) in [7, 11) is 0. The van der Waals surface area contributed by atoms with Crippen LogP contribution in [0.5, 0.6) is 0 Å². The number of aryl methyl sites for hydroxylation is 1. The van der Waals surface area contributed by atoms with Gasteiger partial charge in [-0.3, -0.25) is 19.3 Å². The van der Waals surface area contributed by atoms with Crippen LogP contribution >= 0.6 is 11.3 Å². The van der Waals surface area contributed by atoms with E-state index in [4.69, 9.17) is 5.10 Å². The van der Waals surface area contributed by atoms with Gasteiger partial charge in [-0.25, -0.2) is 4.68 Å². The third-order valence-electron chi connectivity index (χ3n) is 8.68. The van der Waals surface area contributed by atoms with Gasteiger partial charge >= 0.3 is 0 Å². The molecule has 1 aliphatic rings. The van der Waals surface area contributed by atoms with Crippen molar-refractivity contribution in [1.82, 2.24) is 14.7 Å². The van der Waals surface area contributed by atoms with Gasteiger partial charge in [-0.2, -0.15) is 5.10 Å². The Labute approximate surface area is 268 Å². The molecule has 0 saturated carbocycles. The SMILES string of the molecule is Cc1nn(-c2ccccc2)c2sc(C(=O)N(CCCN3C(=O)c4cccc5cccc(c45)C3=O)c3cccc4ccccc34)cc12. The van der Waals surface area contributed by atoms with Crippen LogP contribution in [0.2, 0.25) is 0 Å². The van der Waals surface area contributed by atoms with E-state index in [1.54, 1.807) is 17.0 Å². The lowest BCUT2D eigenvalue weighted by atomic mass is 9.94. The number of hydrogen-bond donors (Lipinski definition) is 0. The van der Waals surface area contributed by atoms with Gasteiger partial charge in [-0.1, -0.05) is 78.9 Å². The van der Waals surface area contributed by atoms with E-state index in [-0.39, 0.29) is 24.3 Å². The van der Waals surface area contributed by atoms with E-state index >= 15 is 0 Å². The van der Waals surface area contributed by atoms with Crippen LogP contribution in [-0.4, -0.2) is 45.5 Å². The van der Waals surface area contributed by atoms with Gasteiger partial charge in [0.1, 0.15) is 4.83 Å². The predicted molar refractivity (Wildman–Crippen MR) is 183 cm³/mol. The van der Waals surface area contributed by atoms with E-state index in [1.807, 2.05) is 115 Å². The summed E-state index contributed by atoms with van der Waals surface area (Å²) in [6.07, 6.45) is 0.409. The molecule has 0 radical (unpaired) electrons. The molecule has 2 aromatic heterocycles. The van der Waals surface area contributed by atoms with Crippen LogP contribution in [0.15, 0.2) is 115 Å². The van der Waals surface area contributed by atoms with Gasteiger partial charge in [0.15, 0.2) is 0 Å². The maximum Gasteiger partial charge on any atom is 0.268 e. The summed E-state index contributed by atoms with van der Waals surface area (Å²) in [6, 6.07) is 36.8. The summed E-state index contributed by atoms with van der Waals surface area (Å²) in [5, 5.41) is 9.24. The van der Waals surface area contributed by atoms with E-state index in [0.717, 1.165) is 43.4 Å². The quantitative estimate of drug-likeness (QED) is 0.169. The van der Waals surface area contributed by atoms with Crippen molar-refractivity contribution in [3.63, 3.8) is 0 Å². The zero-order chi connectivity index (χ0) is 31.4. The Morgan fingerprint density at radius 3 is 2.17 bits per heavy atom. The molecule has 46 heavy (non-hydrogen) atoms. The fourth-order valence-corrected chi connectivity index (χ4v) is 7.61. The number of carbonyl (C=O) groups is 3. The molecule has 0 unspecified atom stereocenters. The first-order valence-electron chi connectivity index (χ1n) is 15.2. The van der Waals surface area contributed by atoms with Gasteiger partial charge in [0.2, 0.25) is 0 Å². The highest BCUT2D eigenvalue weighted by molar-refractivity contribution is 7.20. The molecular weight excluding hydrogens is 593 g/mol. The van der Waals surface area contributed by atoms with Gasteiger partial charge in [-0.05, 0) is 60.5 Å². The molecule has 3 heterocycles. The van der Waals surface area contributed by atoms with E-state index in [9.17, 15) is 14.4 Å². The number of imide groups is 1. The van der Waals surface area contributed by atoms with E-state index in [0.29, 0.717) is 34.4 Å². The van der Waals surface area contributed by atoms with Gasteiger partial charge in [0, 0.05) is 40.4 Å². The molecule has 0 fully saturated rings. The number of thiophene rings is 1. The summed E-state index contributed by atoms with van der Waals surface area (Å²) < 4.78 is 1.89. The minimum atomic E-state index is -0.303. The summed E-state index contributed by atoms with van der Waals surface area (Å²) in [6.45, 7) is 2.45. The fourth-order valence-electron chi connectivity index (χ4n) is 6.48. The van der Waals surface area contributed by atoms with Gasteiger partial charge in [0.25, 0.3) is 17.7 Å². The highest BCUT2D eigenvalue weighted by Gasteiger charge is 2.33. The van der Waals surface area contributed by atoms with Crippen molar-refractivity contribution in [2.24, 2.45) is 0 Å². The lowest BCUT2D eigenvalue weighted by Gasteiger charge is -2.29. The second kappa shape index (κ2) is 11.1. The van der Waals surface area contributed by atoms with E-state index in [1.165, 1.54) is 16.2 Å². The van der Waals surface area contributed by atoms with Crippen molar-refractivity contribution in [3.05, 3.63) is 137 Å². The number of fused-ring (bicyclic) bond motifs is 2. The largest absolute Gasteiger partial charge is 0.307 e. The molecule has 1 aliphatic heterocycles. The Morgan fingerprint density at radius 1 is 0.761 bits per heavy atom. The number of carbonyl (C=O) groups excluding carboxylic acids is 3. The first kappa shape index (κ1) is 27.9. The Balaban J connectivity index is 1.14. The average molecular weight is 621 g/mol. The highest BCUT2D eigenvalue weighted by atomic mass is 32.1. The van der Waals surface area contributed by atoms with Gasteiger partial charge in [0.05, 0.1) is 21.9 Å². The van der Waals surface area contributed by atoms with Crippen molar-refractivity contribution in [2.45, 2.75) is 13.3 Å². The number of hydrogen-bond acceptors (Lipinski definition) is 5. The van der Waals surface area contributed by atoms with Crippen LogP contribution in [0.25, 0.3) is 37.4 Å². The van der Waals surface area contributed by atoms with Crippen molar-refractivity contribution >= 4 is 66.5 Å². The van der Waals surface area contributed by atoms with Crippen LogP contribution in [0.4, 0.5) is 5.69 Å². The Kier molecular flexibility index (Phi) is 6.73. The summed E-state index contributed by atoms with van der Waals surface area (Å²) >= 11 is 1.42. The molecule has 8 heteroatoms. The number of benzene rings is 5. The molecule has 0 N–H and O–H groups in total. The Morgan fingerprint density at radius 2 is 1.41 bits per heavy atom. The van der Waals surface area contributed by atoms with Crippen molar-refractivity contribution in [2.75, 3.05) is 18.0 Å². The standard InChI is InChI=1S/C38H28N4O3S/c1-24-31-23-33(46-38(31)42(39-24)27-15-3-2-4-16-27)37(45)40(32-20-9-12-25-11-5-6-17-28(25)32)21-10-22-41-35(43)29-18-7-13-26-14-8-19-30(34(26)29)36(41)44/h2-9,11-20,23H,10,21-22H2,1H3. The summed E-state index contributed by atoms with van der Waals surface area (Å²) in [5.74, 6) is -0.742. The minimum Gasteiger partial charge on any atom is -0.307 e. The van der Waals surface area contributed by atoms with Crippen molar-refractivity contribution in [1.29, 1.82) is 0 Å². The maximum absolute atomic E-state index is 14.5. The molecular formula is C38H28N4O3S. The first-order chi connectivity index (χ1) is 22.5. The maximum atomic E-state index is 14.5. The molecule has 0 bridgehead atoms. The average Bonchev–Trinajstić information content (AvgIpc) is 3.67. The summed E-state index contributed by atoms with van der Waals surface area (Å²) in [4.78, 5) is 46.2. The second-order valence-corrected chi connectivity index (χ2v) is 12.5. The normalized spacial score (nSPS) is 12.8. The zero-order valence-corrected chi connectivity index (χ0v) is 25.8. The van der Waals surface area contributed by atoms with Crippen LogP contribution in [0, 0.1) is 6.92 Å². The molecule has 8 rings (SSSR count). The lowest BCUT2D eigenvalue weighted by Crippen LogP contribution is -2.42. The number of amides is 3. The Bertz CT molecular complexity index is 2280. The second-order valence-electron chi connectivity index (χ2n) is 11.4. The van der Waals surface area contributed by atoms with Crippen LogP contribution in [0.3, 0.4) is 0 Å². The molecule has 0 saturated heterocycles. The monoisotopic (exact) mass is 620 g/mol. The smallest absolute Gasteiger partial charge is 0.268 e. The van der Waals surface area contributed by atoms with Gasteiger partial charge < -0.3 is 4.90 Å². The minimum absolute atomic E-state index is 0.136. The highest BCUT2D eigenvalue weighted by Crippen LogP contribution is 2.35. The third kappa shape index (κ3) is 4.49. The number of nitrogens with zero attached hydrogens (tertiary/aromatic N) is 4. The fraction of sp³-hybridized carbons (Fsp3) is 0.105. The topological polar surface area (TPSA) is 75.5 Å². The Hall–Kier alpha value is -5.60. The van der Waals surface area contributed by atoms with Crippen LogP contribution < -0.4 is 4.90 Å². The van der Waals surface area contributed by atoms with Gasteiger partial charge in [-0.15, -0.1) is 11.3 Å². The molecule has 224 valence electrons. The number of anilines is 1. The predicted octanol–water partition coefficient (Wildman–Crippen LogP) is 8.03. The zero-order valence-electron chi connectivity index (χ0n) is 25.0. The van der Waals surface area contributed by atoms with E-state index < -0.39 is 0 Å². The first-order valence-corrected chi connectivity index (χ1v) is 16.0. The van der Waals surface area contributed by atoms with Crippen LogP contribution in [0.1, 0.15) is 42.5 Å². The van der Waals surface area contributed by atoms with E-state index in [2.05, 4.69) is 0 Å². The number of rotatable bonds is 7. The molecule has 0 aliphatic carbocycles. The van der Waals surface area contributed by atoms with Crippen molar-refractivity contribution < 1.29 is 14.4 Å². The molecule has 7 aromatic rings. The molecule has 3 amide bonds. The molecule has 0 atom stereocenters. The van der Waals surface area contributed by atoms with Crippen LogP contribution in [-0.2, 0) is 0 Å². The third-order valence-corrected chi connectivity index (χ3v) is 9.78. The molecule has 0 spiro atoms. The lowest BCUT2D eigenvalue weighted by molar-refractivity contribution is 0.0610. The molecule has 7 nitrogen and oxygen atoms in total.